The zero-order valence-corrected chi connectivity index (χ0v) is 22.1. The highest BCUT2D eigenvalue weighted by molar-refractivity contribution is 8.00. The van der Waals surface area contributed by atoms with E-state index in [1.165, 1.54) is 23.9 Å². The Labute approximate surface area is 214 Å². The minimum absolute atomic E-state index is 0.0289. The van der Waals surface area contributed by atoms with Crippen molar-refractivity contribution in [2.24, 2.45) is 5.41 Å². The first-order valence-electron chi connectivity index (χ1n) is 11.5. The van der Waals surface area contributed by atoms with Crippen LogP contribution in [-0.4, -0.2) is 31.5 Å². The van der Waals surface area contributed by atoms with Gasteiger partial charge in [0.25, 0.3) is 0 Å². The molecule has 0 atom stereocenters. The highest BCUT2D eigenvalue weighted by atomic mass is 35.5. The number of ether oxygens (including phenoxy) is 2. The number of hydrogen-bond donors (Lipinski definition) is 0. The number of halogens is 4. The van der Waals surface area contributed by atoms with Crippen molar-refractivity contribution in [3.8, 4) is 5.75 Å². The predicted octanol–water partition coefficient (Wildman–Crippen LogP) is 7.82. The van der Waals surface area contributed by atoms with Crippen LogP contribution in [0.15, 0.2) is 47.4 Å². The smallest absolute Gasteiger partial charge is 0.406 e. The number of rotatable bonds is 6. The Balaban J connectivity index is 1.98. The van der Waals surface area contributed by atoms with Gasteiger partial charge in [0.1, 0.15) is 5.75 Å². The molecule has 1 aliphatic heterocycles. The lowest BCUT2D eigenvalue weighted by atomic mass is 9.89. The van der Waals surface area contributed by atoms with Gasteiger partial charge in [0.15, 0.2) is 0 Å². The number of thioether (sulfide) groups is 1. The fourth-order valence-corrected chi connectivity index (χ4v) is 5.74. The molecule has 0 unspecified atom stereocenters. The third-order valence-electron chi connectivity index (χ3n) is 5.76. The summed E-state index contributed by atoms with van der Waals surface area (Å²) in [5, 5.41) is 0.453. The average Bonchev–Trinajstić information content (AvgIpc) is 2.73. The second-order valence-corrected chi connectivity index (χ2v) is 11.8. The lowest BCUT2D eigenvalue weighted by Gasteiger charge is -2.38. The molecule has 1 amide bonds. The molecule has 3 rings (SSSR count). The van der Waals surface area contributed by atoms with Gasteiger partial charge in [-0.2, -0.15) is 0 Å². The predicted molar refractivity (Wildman–Crippen MR) is 134 cm³/mol. The number of anilines is 1. The summed E-state index contributed by atoms with van der Waals surface area (Å²) in [6.45, 7) is 10.5. The largest absolute Gasteiger partial charge is 0.573 e. The van der Waals surface area contributed by atoms with Gasteiger partial charge in [0, 0.05) is 34.3 Å². The molecule has 0 bridgehead atoms. The van der Waals surface area contributed by atoms with Crippen LogP contribution in [0, 0.1) is 5.41 Å². The Hall–Kier alpha value is -1.90. The van der Waals surface area contributed by atoms with Gasteiger partial charge >= 0.3 is 6.36 Å². The van der Waals surface area contributed by atoms with E-state index in [0.717, 1.165) is 5.56 Å². The maximum absolute atomic E-state index is 13.1. The Morgan fingerprint density at radius 1 is 1.11 bits per heavy atom. The summed E-state index contributed by atoms with van der Waals surface area (Å²) >= 11 is 8.24. The summed E-state index contributed by atoms with van der Waals surface area (Å²) in [5.74, 6) is -0.287. The van der Waals surface area contributed by atoms with Crippen LogP contribution in [0.3, 0.4) is 0 Å². The second kappa shape index (κ2) is 10.6. The van der Waals surface area contributed by atoms with Gasteiger partial charge in [0.05, 0.1) is 10.7 Å². The molecule has 0 N–H and O–H groups in total. The highest BCUT2D eigenvalue weighted by Gasteiger charge is 2.38. The van der Waals surface area contributed by atoms with E-state index in [-0.39, 0.29) is 17.7 Å². The minimum atomic E-state index is -4.75. The van der Waals surface area contributed by atoms with Gasteiger partial charge in [-0.05, 0) is 62.6 Å². The quantitative estimate of drug-likeness (QED) is 0.382. The van der Waals surface area contributed by atoms with Crippen molar-refractivity contribution in [3.05, 3.63) is 53.1 Å². The van der Waals surface area contributed by atoms with Crippen LogP contribution in [0.1, 0.15) is 53.0 Å². The molecule has 0 radical (unpaired) electrons. The first-order valence-corrected chi connectivity index (χ1v) is 12.7. The van der Waals surface area contributed by atoms with E-state index in [1.54, 1.807) is 17.0 Å². The lowest BCUT2D eigenvalue weighted by molar-refractivity contribution is -0.274. The third-order valence-corrected chi connectivity index (χ3v) is 7.59. The SMILES string of the molecule is CC(C)N(C(=O)C(C)(C)C)c1ccc(C2(Sc3cccc(OC(F)(F)F)c3)CCOCC2)cc1Cl. The molecule has 192 valence electrons. The van der Waals surface area contributed by atoms with Crippen molar-refractivity contribution in [2.45, 2.75) is 69.5 Å². The van der Waals surface area contributed by atoms with Crippen molar-refractivity contribution < 1.29 is 27.4 Å². The molecule has 4 nitrogen and oxygen atoms in total. The standard InChI is InChI=1S/C26H31ClF3NO3S/c1-17(2)31(23(32)24(3,4)5)22-10-9-18(15-21(22)27)25(11-13-33-14-12-25)35-20-8-6-7-19(16-20)34-26(28,29)30/h6-10,15-17H,11-14H2,1-5H3. The number of benzene rings is 2. The Bertz CT molecular complexity index is 1050. The first kappa shape index (κ1) is 27.7. The molecular weight excluding hydrogens is 499 g/mol. The van der Waals surface area contributed by atoms with Crippen LogP contribution >= 0.6 is 23.4 Å². The second-order valence-electron chi connectivity index (χ2n) is 9.92. The molecule has 0 aliphatic carbocycles. The number of hydrogen-bond acceptors (Lipinski definition) is 4. The molecule has 35 heavy (non-hydrogen) atoms. The van der Waals surface area contributed by atoms with E-state index in [0.29, 0.717) is 41.7 Å². The first-order chi connectivity index (χ1) is 16.2. The van der Waals surface area contributed by atoms with Gasteiger partial charge < -0.3 is 14.4 Å². The lowest BCUT2D eigenvalue weighted by Crippen LogP contribution is -2.44. The van der Waals surface area contributed by atoms with Crippen molar-refractivity contribution in [2.75, 3.05) is 18.1 Å². The van der Waals surface area contributed by atoms with Crippen molar-refractivity contribution in [3.63, 3.8) is 0 Å². The van der Waals surface area contributed by atoms with E-state index in [2.05, 4.69) is 4.74 Å². The summed E-state index contributed by atoms with van der Waals surface area (Å²) in [6, 6.07) is 11.6. The molecule has 1 aliphatic rings. The van der Waals surface area contributed by atoms with E-state index >= 15 is 0 Å². The van der Waals surface area contributed by atoms with E-state index in [1.807, 2.05) is 52.8 Å². The van der Waals surface area contributed by atoms with Crippen LogP contribution in [0.2, 0.25) is 5.02 Å². The highest BCUT2D eigenvalue weighted by Crippen LogP contribution is 2.50. The van der Waals surface area contributed by atoms with Gasteiger partial charge in [-0.25, -0.2) is 0 Å². The van der Waals surface area contributed by atoms with Gasteiger partial charge in [-0.1, -0.05) is 44.5 Å². The third kappa shape index (κ3) is 6.86. The van der Waals surface area contributed by atoms with Crippen molar-refractivity contribution in [1.82, 2.24) is 0 Å². The van der Waals surface area contributed by atoms with Gasteiger partial charge in [0.2, 0.25) is 5.91 Å². The number of amides is 1. The number of carbonyl (C=O) groups excluding carboxylic acids is 1. The van der Waals surface area contributed by atoms with Gasteiger partial charge in [-0.15, -0.1) is 24.9 Å². The summed E-state index contributed by atoms with van der Waals surface area (Å²) in [4.78, 5) is 15.5. The van der Waals surface area contributed by atoms with Crippen molar-refractivity contribution >= 4 is 35.0 Å². The Morgan fingerprint density at radius 2 is 1.77 bits per heavy atom. The molecule has 9 heteroatoms. The van der Waals surface area contributed by atoms with Crippen LogP contribution in [0.5, 0.6) is 5.75 Å². The van der Waals surface area contributed by atoms with Crippen molar-refractivity contribution in [1.29, 1.82) is 0 Å². The molecule has 1 saturated heterocycles. The van der Waals surface area contributed by atoms with Crippen LogP contribution in [-0.2, 0) is 14.3 Å². The van der Waals surface area contributed by atoms with Gasteiger partial charge in [-0.3, -0.25) is 4.79 Å². The fourth-order valence-electron chi connectivity index (χ4n) is 4.08. The molecular formula is C26H31ClF3NO3S. The van der Waals surface area contributed by atoms with Crippen LogP contribution < -0.4 is 9.64 Å². The Morgan fingerprint density at radius 3 is 2.31 bits per heavy atom. The Kier molecular flexibility index (Phi) is 8.39. The maximum Gasteiger partial charge on any atom is 0.573 e. The molecule has 2 aromatic carbocycles. The monoisotopic (exact) mass is 529 g/mol. The van der Waals surface area contributed by atoms with E-state index in [4.69, 9.17) is 16.3 Å². The summed E-state index contributed by atoms with van der Waals surface area (Å²) in [6.07, 6.45) is -3.44. The topological polar surface area (TPSA) is 38.8 Å². The number of alkyl halides is 3. The maximum atomic E-state index is 13.1. The average molecular weight is 530 g/mol. The zero-order valence-electron chi connectivity index (χ0n) is 20.5. The number of carbonyl (C=O) groups is 1. The zero-order chi connectivity index (χ0) is 26.0. The molecule has 1 heterocycles. The molecule has 2 aromatic rings. The molecule has 0 spiro atoms. The number of nitrogens with zero attached hydrogens (tertiary/aromatic N) is 1. The summed E-state index contributed by atoms with van der Waals surface area (Å²) < 4.78 is 47.4. The molecule has 0 aromatic heterocycles. The van der Waals surface area contributed by atoms with E-state index in [9.17, 15) is 18.0 Å². The molecule has 1 fully saturated rings. The minimum Gasteiger partial charge on any atom is -0.406 e. The summed E-state index contributed by atoms with van der Waals surface area (Å²) in [5.41, 5.74) is 1.000. The van der Waals surface area contributed by atoms with Crippen LogP contribution in [0.4, 0.5) is 18.9 Å². The normalized spacial score (nSPS) is 16.3. The van der Waals surface area contributed by atoms with E-state index < -0.39 is 16.5 Å². The fraction of sp³-hybridized carbons (Fsp3) is 0.500. The molecule has 0 saturated carbocycles. The van der Waals surface area contributed by atoms with Crippen LogP contribution in [0.25, 0.3) is 0 Å². The summed E-state index contributed by atoms with van der Waals surface area (Å²) in [7, 11) is 0.